The molecule has 272 valence electrons. The highest BCUT2D eigenvalue weighted by Gasteiger charge is 2.51. The Balaban J connectivity index is 1.24. The first-order valence-electron chi connectivity index (χ1n) is 20.1. The lowest BCUT2D eigenvalue weighted by Gasteiger charge is -2.41. The van der Waals surface area contributed by atoms with Crippen molar-refractivity contribution < 1.29 is 0 Å². The molecule has 0 radical (unpaired) electrons. The quantitative estimate of drug-likeness (QED) is 0.165. The molecule has 0 atom stereocenters. The molecule has 4 heteroatoms. The number of anilines is 3. The summed E-state index contributed by atoms with van der Waals surface area (Å²) in [6.07, 6.45) is 0. The van der Waals surface area contributed by atoms with Crippen LogP contribution in [0.4, 0.5) is 17.1 Å². The Morgan fingerprint density at radius 1 is 0.509 bits per heavy atom. The van der Waals surface area contributed by atoms with Crippen molar-refractivity contribution in [2.24, 2.45) is 0 Å². The predicted octanol–water partition coefficient (Wildman–Crippen LogP) is 9.08. The molecular weight excluding hydrogens is 722 g/mol. The molecule has 0 fully saturated rings. The Hall–Kier alpha value is -5.81. The highest BCUT2D eigenvalue weighted by Crippen LogP contribution is 2.44. The number of nitrogens with zero attached hydrogens (tertiary/aromatic N) is 1. The standard InChI is InChI=1S/C53H42BNSSi/c1-35-30-47-52-49(31-35)56-48-32-37(36-16-8-5-9-17-36)24-29-44(48)54(52)45-33-43-42-22-14-15-23-50(42)57(40-18-10-6-11-19-40,41-20-12-7-13-21-41)51(43)34-46(45)55(47)39-27-25-38(26-28-39)53(2,3)4/h5-34H,1-4H3. The van der Waals surface area contributed by atoms with Gasteiger partial charge >= 0.3 is 0 Å². The fraction of sp³-hybridized carbons (Fsp3) is 0.0943. The molecule has 3 heterocycles. The molecule has 0 unspecified atom stereocenters. The molecule has 8 aromatic carbocycles. The third kappa shape index (κ3) is 5.17. The summed E-state index contributed by atoms with van der Waals surface area (Å²) in [6.45, 7) is 9.27. The van der Waals surface area contributed by atoms with Crippen LogP contribution in [0.25, 0.3) is 22.3 Å². The van der Waals surface area contributed by atoms with Gasteiger partial charge in [-0.15, -0.1) is 0 Å². The van der Waals surface area contributed by atoms with Crippen LogP contribution < -0.4 is 42.0 Å². The first kappa shape index (κ1) is 34.4. The molecule has 1 nitrogen and oxygen atoms in total. The van der Waals surface area contributed by atoms with Gasteiger partial charge in [-0.1, -0.05) is 184 Å². The van der Waals surface area contributed by atoms with Crippen LogP contribution in [0.15, 0.2) is 192 Å². The Morgan fingerprint density at radius 3 is 1.84 bits per heavy atom. The Morgan fingerprint density at radius 2 is 1.16 bits per heavy atom. The number of benzene rings is 8. The van der Waals surface area contributed by atoms with Crippen molar-refractivity contribution in [2.45, 2.75) is 42.9 Å². The molecule has 0 amide bonds. The molecule has 0 saturated carbocycles. The predicted molar refractivity (Wildman–Crippen MR) is 248 cm³/mol. The summed E-state index contributed by atoms with van der Waals surface area (Å²) in [6, 6.07) is 69.6. The van der Waals surface area contributed by atoms with Crippen LogP contribution >= 0.6 is 11.8 Å². The lowest BCUT2D eigenvalue weighted by atomic mass is 9.34. The van der Waals surface area contributed by atoms with E-state index >= 15 is 0 Å². The third-order valence-corrected chi connectivity index (χ3v) is 18.6. The summed E-state index contributed by atoms with van der Waals surface area (Å²) in [5, 5.41) is 5.79. The lowest BCUT2D eigenvalue weighted by molar-refractivity contribution is 0.590. The average molecular weight is 764 g/mol. The van der Waals surface area contributed by atoms with Crippen LogP contribution in [0.5, 0.6) is 0 Å². The van der Waals surface area contributed by atoms with Gasteiger partial charge in [0.15, 0.2) is 8.07 Å². The molecule has 0 spiro atoms. The van der Waals surface area contributed by atoms with Gasteiger partial charge in [-0.3, -0.25) is 0 Å². The molecule has 0 aliphatic carbocycles. The monoisotopic (exact) mass is 763 g/mol. The molecule has 57 heavy (non-hydrogen) atoms. The van der Waals surface area contributed by atoms with E-state index in [4.69, 9.17) is 0 Å². The van der Waals surface area contributed by atoms with Crippen molar-refractivity contribution in [2.75, 3.05) is 4.90 Å². The fourth-order valence-corrected chi connectivity index (χ4v) is 16.5. The van der Waals surface area contributed by atoms with E-state index in [1.807, 2.05) is 11.8 Å². The number of fused-ring (bicyclic) bond motifs is 7. The normalized spacial score (nSPS) is 14.3. The largest absolute Gasteiger partial charge is 0.311 e. The first-order valence-corrected chi connectivity index (χ1v) is 22.9. The van der Waals surface area contributed by atoms with E-state index in [9.17, 15) is 0 Å². The second-order valence-electron chi connectivity index (χ2n) is 17.0. The molecule has 8 aromatic rings. The van der Waals surface area contributed by atoms with Gasteiger partial charge in [0.05, 0.1) is 0 Å². The van der Waals surface area contributed by atoms with Gasteiger partial charge < -0.3 is 4.90 Å². The van der Waals surface area contributed by atoms with Crippen LogP contribution in [0.2, 0.25) is 0 Å². The summed E-state index contributed by atoms with van der Waals surface area (Å²) in [7, 11) is -2.73. The number of hydrogen-bond acceptors (Lipinski definition) is 2. The van der Waals surface area contributed by atoms with Crippen molar-refractivity contribution in [3.8, 4) is 22.3 Å². The maximum Gasteiger partial charge on any atom is 0.249 e. The van der Waals surface area contributed by atoms with Crippen LogP contribution in [-0.2, 0) is 5.41 Å². The van der Waals surface area contributed by atoms with Crippen molar-refractivity contribution in [3.63, 3.8) is 0 Å². The Kier molecular flexibility index (Phi) is 7.77. The fourth-order valence-electron chi connectivity index (χ4n) is 10.0. The zero-order chi connectivity index (χ0) is 38.5. The Labute approximate surface area is 342 Å². The number of rotatable bonds is 4. The second kappa shape index (κ2) is 12.9. The maximum atomic E-state index is 2.64. The van der Waals surface area contributed by atoms with Crippen molar-refractivity contribution in [1.29, 1.82) is 0 Å². The zero-order valence-corrected chi connectivity index (χ0v) is 34.6. The van der Waals surface area contributed by atoms with Gasteiger partial charge in [-0.25, -0.2) is 0 Å². The van der Waals surface area contributed by atoms with E-state index in [1.54, 1.807) is 0 Å². The van der Waals surface area contributed by atoms with Crippen molar-refractivity contribution >= 4 is 80.7 Å². The maximum absolute atomic E-state index is 2.73. The third-order valence-electron chi connectivity index (χ3n) is 12.6. The molecule has 0 N–H and O–H groups in total. The second-order valence-corrected chi connectivity index (χ2v) is 21.8. The van der Waals surface area contributed by atoms with Gasteiger partial charge in [0, 0.05) is 26.9 Å². The summed E-state index contributed by atoms with van der Waals surface area (Å²) < 4.78 is 0. The van der Waals surface area contributed by atoms with Gasteiger partial charge in [0.1, 0.15) is 0 Å². The first-order chi connectivity index (χ1) is 27.8. The van der Waals surface area contributed by atoms with Gasteiger partial charge in [0.25, 0.3) is 0 Å². The van der Waals surface area contributed by atoms with Crippen LogP contribution in [0.1, 0.15) is 31.9 Å². The number of hydrogen-bond donors (Lipinski definition) is 0. The average Bonchev–Trinajstić information content (AvgIpc) is 3.53. The zero-order valence-electron chi connectivity index (χ0n) is 32.8. The van der Waals surface area contributed by atoms with Gasteiger partial charge in [-0.05, 0) is 114 Å². The summed E-state index contributed by atoms with van der Waals surface area (Å²) in [4.78, 5) is 5.30. The van der Waals surface area contributed by atoms with E-state index in [2.05, 4.69) is 215 Å². The lowest BCUT2D eigenvalue weighted by Crippen LogP contribution is -2.73. The van der Waals surface area contributed by atoms with Gasteiger partial charge in [0.2, 0.25) is 6.71 Å². The minimum absolute atomic E-state index is 0.0635. The van der Waals surface area contributed by atoms with E-state index < -0.39 is 8.07 Å². The topological polar surface area (TPSA) is 3.24 Å². The highest BCUT2D eigenvalue weighted by molar-refractivity contribution is 8.00. The summed E-state index contributed by atoms with van der Waals surface area (Å²) >= 11 is 1.94. The van der Waals surface area contributed by atoms with Crippen LogP contribution in [-0.4, -0.2) is 14.8 Å². The van der Waals surface area contributed by atoms with Crippen molar-refractivity contribution in [1.82, 2.24) is 0 Å². The summed E-state index contributed by atoms with van der Waals surface area (Å²) in [5.41, 5.74) is 15.9. The van der Waals surface area contributed by atoms with Crippen LogP contribution in [0, 0.1) is 6.92 Å². The van der Waals surface area contributed by atoms with E-state index in [1.165, 1.54) is 97.4 Å². The van der Waals surface area contributed by atoms with Gasteiger partial charge in [-0.2, -0.15) is 0 Å². The Bertz CT molecular complexity index is 2820. The highest BCUT2D eigenvalue weighted by atomic mass is 32.2. The molecule has 0 aromatic heterocycles. The number of aryl methyl sites for hydroxylation is 1. The van der Waals surface area contributed by atoms with Crippen molar-refractivity contribution in [3.05, 3.63) is 193 Å². The summed E-state index contributed by atoms with van der Waals surface area (Å²) in [5.74, 6) is 0. The SMILES string of the molecule is Cc1cc2c3c(c1)N(c1ccc(C(C)(C)C)cc1)c1cc4c(cc1B3c1ccc(-c3ccccc3)cc1S2)-c1ccccc1[Si]4(c1ccccc1)c1ccccc1. The van der Waals surface area contributed by atoms with E-state index in [0.717, 1.165) is 0 Å². The molecule has 11 rings (SSSR count). The smallest absolute Gasteiger partial charge is 0.249 e. The molecule has 3 aliphatic heterocycles. The molecule has 0 saturated heterocycles. The molecular formula is C53H42BNSSi. The minimum Gasteiger partial charge on any atom is -0.311 e. The molecule has 0 bridgehead atoms. The molecule has 3 aliphatic rings. The van der Waals surface area contributed by atoms with E-state index in [-0.39, 0.29) is 12.1 Å². The van der Waals surface area contributed by atoms with E-state index in [0.29, 0.717) is 0 Å². The minimum atomic E-state index is -2.73. The van der Waals surface area contributed by atoms with Crippen LogP contribution in [0.3, 0.4) is 0 Å².